The topological polar surface area (TPSA) is 154 Å². The highest BCUT2D eigenvalue weighted by molar-refractivity contribution is 5.87. The Labute approximate surface area is 358 Å². The van der Waals surface area contributed by atoms with Gasteiger partial charge in [-0.05, 0) is 47.4 Å². The number of hydrogen-bond acceptors (Lipinski definition) is 10. The first-order chi connectivity index (χ1) is 30.3. The first-order valence-corrected chi connectivity index (χ1v) is 19.9. The van der Waals surface area contributed by atoms with E-state index in [9.17, 15) is 41.1 Å². The number of fused-ring (bicyclic) bond motifs is 4. The predicted molar refractivity (Wildman–Crippen MR) is 217 cm³/mol. The number of hydrazine groups is 1. The predicted octanol–water partition coefficient (Wildman–Crippen LogP) is 6.00. The average molecular weight is 881 g/mol. The Morgan fingerprint density at radius 3 is 2.08 bits per heavy atom. The largest absolute Gasteiger partial charge is 0.447 e. The second-order valence-corrected chi connectivity index (χ2v) is 14.5. The van der Waals surface area contributed by atoms with Crippen LogP contribution in [0, 0.1) is 29.1 Å². The van der Waals surface area contributed by atoms with Crippen LogP contribution in [0.1, 0.15) is 42.5 Å². The van der Waals surface area contributed by atoms with Crippen molar-refractivity contribution in [3.63, 3.8) is 0 Å². The van der Waals surface area contributed by atoms with Gasteiger partial charge in [0.05, 0.1) is 39.4 Å². The zero-order valence-electron chi connectivity index (χ0n) is 34.6. The molecular formula is C44H45F5N6O8. The minimum absolute atomic E-state index is 0.0227. The van der Waals surface area contributed by atoms with Crippen molar-refractivity contribution in [2.24, 2.45) is 0 Å². The molecule has 0 spiro atoms. The quantitative estimate of drug-likeness (QED) is 0.0181. The third kappa shape index (κ3) is 11.0. The second-order valence-electron chi connectivity index (χ2n) is 14.5. The molecule has 3 amide bonds. The van der Waals surface area contributed by atoms with Crippen molar-refractivity contribution < 1.29 is 60.1 Å². The number of pyridine rings is 1. The van der Waals surface area contributed by atoms with Crippen molar-refractivity contribution in [2.75, 3.05) is 53.7 Å². The van der Waals surface area contributed by atoms with Crippen LogP contribution < -0.4 is 15.4 Å². The van der Waals surface area contributed by atoms with Gasteiger partial charge in [-0.1, -0.05) is 48.5 Å². The molecule has 0 saturated heterocycles. The number of ether oxygens (including phenoxy) is 4. The standard InChI is InChI=1S/C44H45F5N6O8/c1-26(43(58)51-17-20-61-22-21-60-19-15-35(57)63-41-39(48)37(46)36(45)38(47)40(41)49)52-34(56)14-18-55-28(23-27-9-8-16-50-42(27)55)24-53(2)54(3)44(59)62-25-33-31-12-6-4-10-29(31)30-11-5-7-13-32(30)33/h4-13,16,23,26,33H,14-15,17-22,24-25H2,1-3H3,(H,51,58)(H,52,56)/t26-/m1/s1. The molecule has 3 aromatic carbocycles. The van der Waals surface area contributed by atoms with Crippen molar-refractivity contribution >= 4 is 34.9 Å². The molecule has 6 rings (SSSR count). The Hall–Kier alpha value is -6.44. The Kier molecular flexibility index (Phi) is 15.4. The highest BCUT2D eigenvalue weighted by Crippen LogP contribution is 2.44. The van der Waals surface area contributed by atoms with E-state index < -0.39 is 65.3 Å². The fraction of sp³-hybridized carbons (Fsp3) is 0.341. The zero-order chi connectivity index (χ0) is 45.2. The van der Waals surface area contributed by atoms with Crippen LogP contribution in [0.5, 0.6) is 5.75 Å². The van der Waals surface area contributed by atoms with Gasteiger partial charge in [-0.3, -0.25) is 14.4 Å². The molecule has 1 atom stereocenters. The molecule has 2 N–H and O–H groups in total. The van der Waals surface area contributed by atoms with E-state index in [4.69, 9.17) is 14.2 Å². The number of nitrogens with zero attached hydrogens (tertiary/aromatic N) is 4. The summed E-state index contributed by atoms with van der Waals surface area (Å²) >= 11 is 0. The number of carbonyl (C=O) groups excluding carboxylic acids is 4. The molecule has 2 heterocycles. The van der Waals surface area contributed by atoms with Crippen LogP contribution >= 0.6 is 0 Å². The molecule has 334 valence electrons. The van der Waals surface area contributed by atoms with Crippen molar-refractivity contribution in [3.05, 3.63) is 119 Å². The van der Waals surface area contributed by atoms with E-state index in [2.05, 4.69) is 44.6 Å². The maximum Gasteiger partial charge on any atom is 0.424 e. The number of nitrogens with one attached hydrogen (secondary N) is 2. The number of rotatable bonds is 20. The Morgan fingerprint density at radius 1 is 0.794 bits per heavy atom. The molecule has 0 aliphatic heterocycles. The van der Waals surface area contributed by atoms with Crippen LogP contribution in [-0.2, 0) is 41.7 Å². The fourth-order valence-electron chi connectivity index (χ4n) is 7.00. The summed E-state index contributed by atoms with van der Waals surface area (Å²) in [5.74, 6) is -15.3. The van der Waals surface area contributed by atoms with E-state index in [1.807, 2.05) is 47.0 Å². The maximum absolute atomic E-state index is 13.7. The molecule has 0 saturated carbocycles. The molecule has 0 fully saturated rings. The van der Waals surface area contributed by atoms with Gasteiger partial charge in [-0.25, -0.2) is 33.0 Å². The summed E-state index contributed by atoms with van der Waals surface area (Å²) in [6.07, 6.45) is 0.599. The monoisotopic (exact) mass is 880 g/mol. The van der Waals surface area contributed by atoms with Gasteiger partial charge in [0.15, 0.2) is 0 Å². The molecular weight excluding hydrogens is 836 g/mol. The Morgan fingerprint density at radius 2 is 1.41 bits per heavy atom. The number of aromatic nitrogens is 2. The van der Waals surface area contributed by atoms with Gasteiger partial charge in [0, 0.05) is 56.8 Å². The lowest BCUT2D eigenvalue weighted by atomic mass is 9.98. The Balaban J connectivity index is 0.889. The van der Waals surface area contributed by atoms with E-state index in [0.29, 0.717) is 5.65 Å². The molecule has 1 aliphatic rings. The van der Waals surface area contributed by atoms with Gasteiger partial charge in [-0.15, -0.1) is 0 Å². The number of hydrogen-bond donors (Lipinski definition) is 2. The van der Waals surface area contributed by atoms with Gasteiger partial charge >= 0.3 is 12.1 Å². The van der Waals surface area contributed by atoms with Crippen molar-refractivity contribution in [3.8, 4) is 16.9 Å². The van der Waals surface area contributed by atoms with Crippen LogP contribution in [-0.4, -0.2) is 103 Å². The number of benzene rings is 3. The summed E-state index contributed by atoms with van der Waals surface area (Å²) in [6.45, 7) is 2.09. The molecule has 19 heteroatoms. The molecule has 63 heavy (non-hydrogen) atoms. The second kappa shape index (κ2) is 21.1. The number of aryl methyl sites for hydroxylation is 1. The van der Waals surface area contributed by atoms with Crippen molar-refractivity contribution in [1.29, 1.82) is 0 Å². The summed E-state index contributed by atoms with van der Waals surface area (Å²) in [4.78, 5) is 55.3. The van der Waals surface area contributed by atoms with E-state index >= 15 is 0 Å². The number of halogens is 5. The molecule has 0 unspecified atom stereocenters. The third-order valence-corrected chi connectivity index (χ3v) is 10.3. The van der Waals surface area contributed by atoms with Crippen LogP contribution in [0.3, 0.4) is 0 Å². The van der Waals surface area contributed by atoms with E-state index in [1.54, 1.807) is 25.3 Å². The van der Waals surface area contributed by atoms with Crippen LogP contribution in [0.15, 0.2) is 72.9 Å². The summed E-state index contributed by atoms with van der Waals surface area (Å²) in [5, 5.41) is 9.30. The smallest absolute Gasteiger partial charge is 0.424 e. The Bertz CT molecular complexity index is 2390. The molecule has 5 aromatic rings. The minimum Gasteiger partial charge on any atom is -0.447 e. The van der Waals surface area contributed by atoms with Gasteiger partial charge in [0.2, 0.25) is 46.6 Å². The minimum atomic E-state index is -2.38. The third-order valence-electron chi connectivity index (χ3n) is 10.3. The summed E-state index contributed by atoms with van der Waals surface area (Å²) in [5.41, 5.74) is 5.94. The molecule has 0 radical (unpaired) electrons. The highest BCUT2D eigenvalue weighted by atomic mass is 19.2. The zero-order valence-corrected chi connectivity index (χ0v) is 34.6. The number of esters is 1. The van der Waals surface area contributed by atoms with Crippen LogP contribution in [0.2, 0.25) is 0 Å². The molecule has 14 nitrogen and oxygen atoms in total. The lowest BCUT2D eigenvalue weighted by molar-refractivity contribution is -0.136. The summed E-state index contributed by atoms with van der Waals surface area (Å²) < 4.78 is 89.7. The van der Waals surface area contributed by atoms with E-state index in [0.717, 1.165) is 33.3 Å². The normalized spacial score (nSPS) is 12.5. The highest BCUT2D eigenvalue weighted by Gasteiger charge is 2.31. The summed E-state index contributed by atoms with van der Waals surface area (Å²) in [6, 6.07) is 21.0. The van der Waals surface area contributed by atoms with E-state index in [1.165, 1.54) is 11.9 Å². The number of carbonyl (C=O) groups is 4. The van der Waals surface area contributed by atoms with Gasteiger partial charge in [-0.2, -0.15) is 8.78 Å². The SMILES string of the molecule is C[C@@H](NC(=O)CCn1c(CN(C)N(C)C(=O)OCC2c3ccccc3-c3ccccc32)cc2cccnc21)C(=O)NCCOCCOCCC(=O)Oc1c(F)c(F)c(F)c(F)c1F. The maximum atomic E-state index is 13.7. The molecule has 2 aromatic heterocycles. The van der Waals surface area contributed by atoms with Crippen LogP contribution in [0.25, 0.3) is 22.2 Å². The average Bonchev–Trinajstić information content (AvgIpc) is 3.80. The molecule has 0 bridgehead atoms. The van der Waals surface area contributed by atoms with Crippen LogP contribution in [0.4, 0.5) is 26.7 Å². The van der Waals surface area contributed by atoms with Gasteiger partial charge in [0.25, 0.3) is 0 Å². The number of amides is 3. The van der Waals surface area contributed by atoms with Crippen molar-refractivity contribution in [1.82, 2.24) is 30.2 Å². The first kappa shape index (κ1) is 46.1. The summed E-state index contributed by atoms with van der Waals surface area (Å²) in [7, 11) is 3.39. The lowest BCUT2D eigenvalue weighted by Crippen LogP contribution is -2.45. The van der Waals surface area contributed by atoms with E-state index in [-0.39, 0.29) is 70.9 Å². The lowest BCUT2D eigenvalue weighted by Gasteiger charge is -2.28. The molecule has 1 aliphatic carbocycles. The van der Waals surface area contributed by atoms with Crippen molar-refractivity contribution in [2.45, 2.75) is 44.8 Å². The van der Waals surface area contributed by atoms with Gasteiger partial charge < -0.3 is 34.1 Å². The first-order valence-electron chi connectivity index (χ1n) is 19.9. The fourth-order valence-corrected chi connectivity index (χ4v) is 7.00. The van der Waals surface area contributed by atoms with Gasteiger partial charge in [0.1, 0.15) is 18.3 Å².